The molecule has 0 fully saturated rings. The van der Waals surface area contributed by atoms with Crippen molar-refractivity contribution in [2.75, 3.05) is 13.1 Å². The largest absolute Gasteiger partial charge is 0.355 e. The normalized spacial score (nSPS) is 11.9. The molecule has 144 valence electrons. The van der Waals surface area contributed by atoms with Crippen LogP contribution in [0.2, 0.25) is 0 Å². The van der Waals surface area contributed by atoms with Crippen LogP contribution >= 0.6 is 0 Å². The van der Waals surface area contributed by atoms with Crippen LogP contribution in [-0.4, -0.2) is 36.9 Å². The maximum Gasteiger partial charge on any atom is 0.243 e. The summed E-state index contributed by atoms with van der Waals surface area (Å²) in [5.74, 6) is -0.938. The molecule has 6 nitrogen and oxygen atoms in total. The number of benzene rings is 2. The van der Waals surface area contributed by atoms with Crippen molar-refractivity contribution in [2.24, 2.45) is 5.92 Å². The molecule has 1 atom stereocenters. The van der Waals surface area contributed by atoms with Crippen molar-refractivity contribution >= 4 is 28.5 Å². The molecule has 0 aliphatic carbocycles. The summed E-state index contributed by atoms with van der Waals surface area (Å²) in [4.78, 5) is 36.4. The Kier molecular flexibility index (Phi) is 7.34. The highest BCUT2D eigenvalue weighted by molar-refractivity contribution is 5.93. The molecule has 2 rings (SSSR count). The topological polar surface area (TPSA) is 87.3 Å². The molecule has 0 aliphatic heterocycles. The molecule has 0 aromatic heterocycles. The molecule has 0 bridgehead atoms. The third-order valence-corrected chi connectivity index (χ3v) is 4.29. The van der Waals surface area contributed by atoms with Crippen LogP contribution in [0.15, 0.2) is 42.5 Å². The number of fused-ring (bicyclic) bond motifs is 1. The fraction of sp³-hybridized carbons (Fsp3) is 0.381. The van der Waals surface area contributed by atoms with Gasteiger partial charge in [0.15, 0.2) is 0 Å². The average Bonchev–Trinajstić information content (AvgIpc) is 2.64. The highest BCUT2D eigenvalue weighted by Gasteiger charge is 2.24. The SMILES string of the molecule is CCNC(=O)CNC(=O)[C@@H](NC(=O)Cc1cccc2ccccc12)C(C)C. The molecule has 0 saturated heterocycles. The summed E-state index contributed by atoms with van der Waals surface area (Å²) in [7, 11) is 0. The van der Waals surface area contributed by atoms with Crippen molar-refractivity contribution in [3.63, 3.8) is 0 Å². The van der Waals surface area contributed by atoms with Crippen LogP contribution in [0.3, 0.4) is 0 Å². The Morgan fingerprint density at radius 1 is 0.926 bits per heavy atom. The van der Waals surface area contributed by atoms with E-state index in [4.69, 9.17) is 0 Å². The van der Waals surface area contributed by atoms with E-state index in [0.29, 0.717) is 6.54 Å². The quantitative estimate of drug-likeness (QED) is 0.663. The van der Waals surface area contributed by atoms with Gasteiger partial charge in [-0.25, -0.2) is 0 Å². The van der Waals surface area contributed by atoms with Crippen molar-refractivity contribution in [2.45, 2.75) is 33.2 Å². The summed E-state index contributed by atoms with van der Waals surface area (Å²) in [6.45, 7) is 5.92. The van der Waals surface area contributed by atoms with E-state index in [0.717, 1.165) is 16.3 Å². The Balaban J connectivity index is 2.02. The first-order valence-corrected chi connectivity index (χ1v) is 9.22. The van der Waals surface area contributed by atoms with Gasteiger partial charge in [-0.2, -0.15) is 0 Å². The van der Waals surface area contributed by atoms with Gasteiger partial charge in [-0.3, -0.25) is 14.4 Å². The van der Waals surface area contributed by atoms with Crippen molar-refractivity contribution in [3.05, 3.63) is 48.0 Å². The first-order valence-electron chi connectivity index (χ1n) is 9.22. The van der Waals surface area contributed by atoms with E-state index >= 15 is 0 Å². The molecule has 6 heteroatoms. The van der Waals surface area contributed by atoms with Crippen molar-refractivity contribution in [1.29, 1.82) is 0 Å². The monoisotopic (exact) mass is 369 g/mol. The molecule has 0 aliphatic rings. The van der Waals surface area contributed by atoms with Crippen LogP contribution < -0.4 is 16.0 Å². The third-order valence-electron chi connectivity index (χ3n) is 4.29. The fourth-order valence-corrected chi connectivity index (χ4v) is 2.92. The first-order chi connectivity index (χ1) is 12.9. The second-order valence-corrected chi connectivity index (χ2v) is 6.78. The van der Waals surface area contributed by atoms with E-state index in [1.54, 1.807) is 0 Å². The highest BCUT2D eigenvalue weighted by Crippen LogP contribution is 2.19. The van der Waals surface area contributed by atoms with Crippen LogP contribution in [0, 0.1) is 5.92 Å². The van der Waals surface area contributed by atoms with Crippen LogP contribution in [0.1, 0.15) is 26.3 Å². The van der Waals surface area contributed by atoms with E-state index in [2.05, 4.69) is 16.0 Å². The van der Waals surface area contributed by atoms with Crippen LogP contribution in [-0.2, 0) is 20.8 Å². The number of nitrogens with one attached hydrogen (secondary N) is 3. The van der Waals surface area contributed by atoms with Gasteiger partial charge in [-0.05, 0) is 29.2 Å². The number of hydrogen-bond donors (Lipinski definition) is 3. The van der Waals surface area contributed by atoms with Gasteiger partial charge in [-0.15, -0.1) is 0 Å². The number of amides is 3. The Morgan fingerprint density at radius 2 is 1.63 bits per heavy atom. The van der Waals surface area contributed by atoms with Crippen LogP contribution in [0.4, 0.5) is 0 Å². The Labute approximate surface area is 159 Å². The lowest BCUT2D eigenvalue weighted by Gasteiger charge is -2.22. The molecule has 0 spiro atoms. The summed E-state index contributed by atoms with van der Waals surface area (Å²) in [6.07, 6.45) is 0.189. The van der Waals surface area contributed by atoms with Crippen molar-refractivity contribution < 1.29 is 14.4 Å². The van der Waals surface area contributed by atoms with Crippen LogP contribution in [0.25, 0.3) is 10.8 Å². The Hall–Kier alpha value is -2.89. The number of carbonyl (C=O) groups is 3. The van der Waals surface area contributed by atoms with E-state index in [1.165, 1.54) is 0 Å². The van der Waals surface area contributed by atoms with E-state index < -0.39 is 6.04 Å². The summed E-state index contributed by atoms with van der Waals surface area (Å²) >= 11 is 0. The third kappa shape index (κ3) is 5.81. The zero-order valence-corrected chi connectivity index (χ0v) is 16.0. The molecule has 0 unspecified atom stereocenters. The van der Waals surface area contributed by atoms with Crippen molar-refractivity contribution in [3.8, 4) is 0 Å². The van der Waals surface area contributed by atoms with Gasteiger partial charge < -0.3 is 16.0 Å². The van der Waals surface area contributed by atoms with Gasteiger partial charge in [0, 0.05) is 6.54 Å². The number of hydrogen-bond acceptors (Lipinski definition) is 3. The fourth-order valence-electron chi connectivity index (χ4n) is 2.92. The molecule has 0 saturated carbocycles. The molecule has 3 amide bonds. The standard InChI is InChI=1S/C21H27N3O3/c1-4-22-19(26)13-23-21(27)20(14(2)3)24-18(25)12-16-10-7-9-15-8-5-6-11-17(15)16/h5-11,14,20H,4,12-13H2,1-3H3,(H,22,26)(H,23,27)(H,24,25)/t20-/m0/s1. The smallest absolute Gasteiger partial charge is 0.243 e. The van der Waals surface area contributed by atoms with Crippen molar-refractivity contribution in [1.82, 2.24) is 16.0 Å². The molecular formula is C21H27N3O3. The second kappa shape index (κ2) is 9.71. The van der Waals surface area contributed by atoms with E-state index in [-0.39, 0.29) is 36.6 Å². The summed E-state index contributed by atoms with van der Waals surface area (Å²) in [5, 5.41) is 10.1. The molecule has 0 radical (unpaired) electrons. The second-order valence-electron chi connectivity index (χ2n) is 6.78. The number of rotatable bonds is 8. The van der Waals surface area contributed by atoms with Gasteiger partial charge in [0.25, 0.3) is 0 Å². The minimum Gasteiger partial charge on any atom is -0.355 e. The molecule has 27 heavy (non-hydrogen) atoms. The molecule has 3 N–H and O–H groups in total. The summed E-state index contributed by atoms with van der Waals surface area (Å²) in [6, 6.07) is 13.0. The molecule has 2 aromatic rings. The van der Waals surface area contributed by atoms with Crippen LogP contribution in [0.5, 0.6) is 0 Å². The highest BCUT2D eigenvalue weighted by atomic mass is 16.2. The average molecular weight is 369 g/mol. The minimum atomic E-state index is -0.693. The van der Waals surface area contributed by atoms with Gasteiger partial charge in [0.2, 0.25) is 17.7 Å². The minimum absolute atomic E-state index is 0.101. The predicted octanol–water partition coefficient (Wildman–Crippen LogP) is 1.78. The molecular weight excluding hydrogens is 342 g/mol. The summed E-state index contributed by atoms with van der Waals surface area (Å²) < 4.78 is 0. The predicted molar refractivity (Wildman–Crippen MR) is 106 cm³/mol. The maximum absolute atomic E-state index is 12.5. The maximum atomic E-state index is 12.5. The first kappa shape index (κ1) is 20.4. The number of likely N-dealkylation sites (N-methyl/N-ethyl adjacent to an activating group) is 1. The summed E-state index contributed by atoms with van der Waals surface area (Å²) in [5.41, 5.74) is 0.913. The number of carbonyl (C=O) groups excluding carboxylic acids is 3. The molecule has 2 aromatic carbocycles. The lowest BCUT2D eigenvalue weighted by atomic mass is 10.0. The van der Waals surface area contributed by atoms with E-state index in [1.807, 2.05) is 63.2 Å². The van der Waals surface area contributed by atoms with Gasteiger partial charge in [-0.1, -0.05) is 56.3 Å². The zero-order valence-electron chi connectivity index (χ0n) is 16.0. The molecule has 0 heterocycles. The van der Waals surface area contributed by atoms with Gasteiger partial charge in [0.1, 0.15) is 6.04 Å². The Bertz CT molecular complexity index is 812. The van der Waals surface area contributed by atoms with Gasteiger partial charge >= 0.3 is 0 Å². The zero-order chi connectivity index (χ0) is 19.8. The lowest BCUT2D eigenvalue weighted by Crippen LogP contribution is -2.51. The van der Waals surface area contributed by atoms with Gasteiger partial charge in [0.05, 0.1) is 13.0 Å². The Morgan fingerprint density at radius 3 is 2.33 bits per heavy atom. The van der Waals surface area contributed by atoms with E-state index in [9.17, 15) is 14.4 Å². The lowest BCUT2D eigenvalue weighted by molar-refractivity contribution is -0.131.